The molecule has 0 radical (unpaired) electrons. The monoisotopic (exact) mass is 430 g/mol. The molecule has 8 heteroatoms. The molecule has 2 heterocycles. The van der Waals surface area contributed by atoms with Crippen molar-refractivity contribution in [3.05, 3.63) is 59.1 Å². The van der Waals surface area contributed by atoms with Gasteiger partial charge < -0.3 is 4.74 Å². The topological polar surface area (TPSA) is 76.6 Å². The number of carbonyl (C=O) groups is 1. The standard InChI is InChI=1S/C21H22N2O4S2/c1-15-6-4-5-13-23(15)29(25,26)17-11-9-16(10-12-17)21(24)27-14-20-22-18-7-2-3-8-19(18)28-20/h2-3,7-12,15H,4-6,13-14H2,1H3. The molecule has 1 fully saturated rings. The molecule has 2 aromatic carbocycles. The molecule has 0 saturated carbocycles. The van der Waals surface area contributed by atoms with Crippen LogP contribution in [0.25, 0.3) is 10.2 Å². The molecule has 1 unspecified atom stereocenters. The van der Waals surface area contributed by atoms with Crippen LogP contribution in [0.5, 0.6) is 0 Å². The summed E-state index contributed by atoms with van der Waals surface area (Å²) in [4.78, 5) is 17.0. The van der Waals surface area contributed by atoms with Gasteiger partial charge in [-0.3, -0.25) is 0 Å². The molecule has 1 aliphatic rings. The highest BCUT2D eigenvalue weighted by molar-refractivity contribution is 7.89. The van der Waals surface area contributed by atoms with Gasteiger partial charge in [-0.15, -0.1) is 11.3 Å². The average Bonchev–Trinajstić information content (AvgIpc) is 3.15. The van der Waals surface area contributed by atoms with E-state index in [1.165, 1.54) is 35.6 Å². The molecule has 1 aliphatic heterocycles. The average molecular weight is 431 g/mol. The third-order valence-electron chi connectivity index (χ3n) is 5.10. The molecule has 0 spiro atoms. The number of esters is 1. The summed E-state index contributed by atoms with van der Waals surface area (Å²) in [7, 11) is -3.55. The predicted molar refractivity (Wildman–Crippen MR) is 112 cm³/mol. The minimum absolute atomic E-state index is 0.00722. The number of carbonyl (C=O) groups excluding carboxylic acids is 1. The van der Waals surface area contributed by atoms with E-state index in [0.717, 1.165) is 34.5 Å². The first kappa shape index (κ1) is 20.0. The van der Waals surface area contributed by atoms with Gasteiger partial charge in [0, 0.05) is 12.6 Å². The molecule has 6 nitrogen and oxygen atoms in total. The molecule has 0 amide bonds. The van der Waals surface area contributed by atoms with Crippen molar-refractivity contribution in [2.75, 3.05) is 6.54 Å². The summed E-state index contributed by atoms with van der Waals surface area (Å²) in [5, 5.41) is 0.720. The summed E-state index contributed by atoms with van der Waals surface area (Å²) in [5.41, 5.74) is 1.20. The number of thiazole rings is 1. The predicted octanol–water partition coefficient (Wildman–Crippen LogP) is 4.22. The maximum atomic E-state index is 12.9. The minimum Gasteiger partial charge on any atom is -0.455 e. The molecule has 0 N–H and O–H groups in total. The van der Waals surface area contributed by atoms with Crippen LogP contribution in [0.15, 0.2) is 53.4 Å². The van der Waals surface area contributed by atoms with Crippen LogP contribution in [0.4, 0.5) is 0 Å². The van der Waals surface area contributed by atoms with Gasteiger partial charge in [0.05, 0.1) is 20.7 Å². The number of hydrogen-bond acceptors (Lipinski definition) is 6. The van der Waals surface area contributed by atoms with Crippen molar-refractivity contribution in [1.29, 1.82) is 0 Å². The Bertz CT molecular complexity index is 1090. The molecule has 4 rings (SSSR count). The first-order valence-corrected chi connectivity index (χ1v) is 11.8. The van der Waals surface area contributed by atoms with E-state index in [9.17, 15) is 13.2 Å². The van der Waals surface area contributed by atoms with E-state index in [1.54, 1.807) is 4.31 Å². The Morgan fingerprint density at radius 2 is 1.93 bits per heavy atom. The van der Waals surface area contributed by atoms with Crippen LogP contribution in [0.1, 0.15) is 41.6 Å². The highest BCUT2D eigenvalue weighted by Crippen LogP contribution is 2.26. The molecule has 1 atom stereocenters. The van der Waals surface area contributed by atoms with E-state index < -0.39 is 16.0 Å². The lowest BCUT2D eigenvalue weighted by atomic mass is 10.1. The van der Waals surface area contributed by atoms with Gasteiger partial charge in [-0.2, -0.15) is 4.31 Å². The fraction of sp³-hybridized carbons (Fsp3) is 0.333. The second kappa shape index (κ2) is 8.22. The van der Waals surface area contributed by atoms with Gasteiger partial charge in [0.15, 0.2) is 0 Å². The second-order valence-electron chi connectivity index (χ2n) is 7.14. The Labute approximate surface area is 174 Å². The zero-order valence-corrected chi connectivity index (χ0v) is 17.7. The molecule has 152 valence electrons. The Morgan fingerprint density at radius 3 is 2.66 bits per heavy atom. The number of piperidine rings is 1. The van der Waals surface area contributed by atoms with Crippen molar-refractivity contribution in [3.63, 3.8) is 0 Å². The van der Waals surface area contributed by atoms with E-state index in [-0.39, 0.29) is 17.5 Å². The number of nitrogens with zero attached hydrogens (tertiary/aromatic N) is 2. The van der Waals surface area contributed by atoms with Crippen molar-refractivity contribution >= 4 is 37.5 Å². The summed E-state index contributed by atoms with van der Waals surface area (Å²) >= 11 is 1.48. The first-order chi connectivity index (χ1) is 13.9. The van der Waals surface area contributed by atoms with Crippen molar-refractivity contribution in [3.8, 4) is 0 Å². The lowest BCUT2D eigenvalue weighted by Crippen LogP contribution is -2.41. The largest absolute Gasteiger partial charge is 0.455 e. The Balaban J connectivity index is 1.43. The molecule has 29 heavy (non-hydrogen) atoms. The van der Waals surface area contributed by atoms with Gasteiger partial charge in [-0.1, -0.05) is 18.6 Å². The summed E-state index contributed by atoms with van der Waals surface area (Å²) < 4.78 is 33.7. The third-order valence-corrected chi connectivity index (χ3v) is 8.14. The Morgan fingerprint density at radius 1 is 1.17 bits per heavy atom. The molecule has 1 saturated heterocycles. The maximum absolute atomic E-state index is 12.9. The zero-order chi connectivity index (χ0) is 20.4. The third kappa shape index (κ3) is 4.19. The highest BCUT2D eigenvalue weighted by Gasteiger charge is 2.30. The van der Waals surface area contributed by atoms with E-state index in [2.05, 4.69) is 4.98 Å². The quantitative estimate of drug-likeness (QED) is 0.567. The SMILES string of the molecule is CC1CCCCN1S(=O)(=O)c1ccc(C(=O)OCc2nc3ccccc3s2)cc1. The number of ether oxygens (including phenoxy) is 1. The van der Waals surface area contributed by atoms with Crippen LogP contribution >= 0.6 is 11.3 Å². The van der Waals surface area contributed by atoms with Gasteiger partial charge in [0.25, 0.3) is 0 Å². The van der Waals surface area contributed by atoms with E-state index in [4.69, 9.17) is 4.74 Å². The van der Waals surface area contributed by atoms with Gasteiger partial charge in [0.1, 0.15) is 11.6 Å². The van der Waals surface area contributed by atoms with Crippen LogP contribution in [0.3, 0.4) is 0 Å². The van der Waals surface area contributed by atoms with Gasteiger partial charge in [-0.05, 0) is 56.2 Å². The van der Waals surface area contributed by atoms with Crippen LogP contribution < -0.4 is 0 Å². The highest BCUT2D eigenvalue weighted by atomic mass is 32.2. The van der Waals surface area contributed by atoms with Crippen LogP contribution in [-0.2, 0) is 21.4 Å². The number of hydrogen-bond donors (Lipinski definition) is 0. The maximum Gasteiger partial charge on any atom is 0.338 e. The molecule has 1 aromatic heterocycles. The molecule has 0 bridgehead atoms. The Kier molecular flexibility index (Phi) is 5.67. The number of sulfonamides is 1. The lowest BCUT2D eigenvalue weighted by Gasteiger charge is -2.32. The van der Waals surface area contributed by atoms with Crippen LogP contribution in [0.2, 0.25) is 0 Å². The fourth-order valence-electron chi connectivity index (χ4n) is 3.52. The molecular formula is C21H22N2O4S2. The number of fused-ring (bicyclic) bond motifs is 1. The molecule has 0 aliphatic carbocycles. The van der Waals surface area contributed by atoms with Gasteiger partial charge in [0.2, 0.25) is 10.0 Å². The summed E-state index contributed by atoms with van der Waals surface area (Å²) in [5.74, 6) is -0.500. The van der Waals surface area contributed by atoms with Crippen molar-refractivity contribution in [1.82, 2.24) is 9.29 Å². The summed E-state index contributed by atoms with van der Waals surface area (Å²) in [6.45, 7) is 2.56. The van der Waals surface area contributed by atoms with E-state index >= 15 is 0 Å². The second-order valence-corrected chi connectivity index (χ2v) is 10.1. The minimum atomic E-state index is -3.55. The zero-order valence-electron chi connectivity index (χ0n) is 16.1. The molecule has 3 aromatic rings. The summed E-state index contributed by atoms with van der Waals surface area (Å²) in [6, 6.07) is 13.7. The van der Waals surface area contributed by atoms with E-state index in [0.29, 0.717) is 12.1 Å². The van der Waals surface area contributed by atoms with Crippen LogP contribution in [0, 0.1) is 0 Å². The van der Waals surface area contributed by atoms with Crippen LogP contribution in [-0.4, -0.2) is 36.3 Å². The van der Waals surface area contributed by atoms with Gasteiger partial charge in [-0.25, -0.2) is 18.2 Å². The van der Waals surface area contributed by atoms with Crippen molar-refractivity contribution in [2.24, 2.45) is 0 Å². The Hall–Kier alpha value is -2.29. The number of aromatic nitrogens is 1. The lowest BCUT2D eigenvalue weighted by molar-refractivity contribution is 0.0472. The first-order valence-electron chi connectivity index (χ1n) is 9.58. The molecular weight excluding hydrogens is 408 g/mol. The number of para-hydroxylation sites is 1. The summed E-state index contributed by atoms with van der Waals surface area (Å²) in [6.07, 6.45) is 2.79. The number of benzene rings is 2. The van der Waals surface area contributed by atoms with Gasteiger partial charge >= 0.3 is 5.97 Å². The van der Waals surface area contributed by atoms with E-state index in [1.807, 2.05) is 31.2 Å². The van der Waals surface area contributed by atoms with Crippen molar-refractivity contribution < 1.29 is 17.9 Å². The number of rotatable bonds is 5. The fourth-order valence-corrected chi connectivity index (χ4v) is 6.10. The smallest absolute Gasteiger partial charge is 0.338 e. The van der Waals surface area contributed by atoms with Crippen molar-refractivity contribution in [2.45, 2.75) is 43.7 Å². The normalized spacial score (nSPS) is 18.0.